The second kappa shape index (κ2) is 6.82. The molecule has 1 N–H and O–H groups in total. The van der Waals surface area contributed by atoms with Crippen LogP contribution < -0.4 is 4.90 Å². The fourth-order valence-electron chi connectivity index (χ4n) is 4.51. The molecule has 4 atom stereocenters. The lowest BCUT2D eigenvalue weighted by Gasteiger charge is -2.37. The van der Waals surface area contributed by atoms with Crippen molar-refractivity contribution in [2.45, 2.75) is 57.2 Å². The molecule has 1 aliphatic carbocycles. The predicted octanol–water partition coefficient (Wildman–Crippen LogP) is 4.40. The van der Waals surface area contributed by atoms with Gasteiger partial charge in [0.25, 0.3) is 0 Å². The van der Waals surface area contributed by atoms with Gasteiger partial charge in [-0.1, -0.05) is 11.6 Å². The average Bonchev–Trinajstić information content (AvgIpc) is 3.21. The Bertz CT molecular complexity index is 766. The van der Waals surface area contributed by atoms with E-state index in [4.69, 9.17) is 16.3 Å². The lowest BCUT2D eigenvalue weighted by atomic mass is 9.99. The standard InChI is InChI=1S/C20H26BrClN2O3/c1-20(2,3)27-19(26)24-9-13(7-14(24)10-25)23-8-11-4-15(11)16-5-12(22)6-17(21)18(16)23/h5-6,11,13-15,25H,4,7-10H2,1-3H3/t11-,13+,14+,15+/m1/s1. The third kappa shape index (κ3) is 3.68. The van der Waals surface area contributed by atoms with Crippen LogP contribution in [0.4, 0.5) is 10.5 Å². The van der Waals surface area contributed by atoms with Crippen molar-refractivity contribution in [3.8, 4) is 0 Å². The molecule has 0 spiro atoms. The molecule has 5 nitrogen and oxygen atoms in total. The molecule has 1 saturated heterocycles. The topological polar surface area (TPSA) is 53.0 Å². The minimum absolute atomic E-state index is 0.0513. The summed E-state index contributed by atoms with van der Waals surface area (Å²) in [6, 6.07) is 3.98. The first kappa shape index (κ1) is 19.3. The number of likely N-dealkylation sites (tertiary alicyclic amines) is 1. The molecular formula is C20H26BrClN2O3. The molecule has 0 radical (unpaired) electrons. The molecule has 0 unspecified atom stereocenters. The van der Waals surface area contributed by atoms with Gasteiger partial charge < -0.3 is 19.6 Å². The maximum Gasteiger partial charge on any atom is 0.410 e. The second-order valence-corrected chi connectivity index (χ2v) is 10.2. The van der Waals surface area contributed by atoms with Gasteiger partial charge in [-0.2, -0.15) is 0 Å². The third-order valence-corrected chi connectivity index (χ3v) is 6.59. The first-order valence-electron chi connectivity index (χ1n) is 9.54. The van der Waals surface area contributed by atoms with E-state index in [1.165, 1.54) is 17.7 Å². The van der Waals surface area contributed by atoms with Gasteiger partial charge in [0.2, 0.25) is 0 Å². The Morgan fingerprint density at radius 1 is 1.33 bits per heavy atom. The van der Waals surface area contributed by atoms with Crippen molar-refractivity contribution in [3.63, 3.8) is 0 Å². The molecule has 1 aromatic rings. The van der Waals surface area contributed by atoms with Crippen molar-refractivity contribution >= 4 is 39.3 Å². The molecule has 2 aliphatic heterocycles. The van der Waals surface area contributed by atoms with Gasteiger partial charge in [-0.05, 0) is 79.1 Å². The lowest BCUT2D eigenvalue weighted by Crippen LogP contribution is -2.44. The molecule has 2 heterocycles. The van der Waals surface area contributed by atoms with E-state index in [1.54, 1.807) is 4.90 Å². The van der Waals surface area contributed by atoms with E-state index >= 15 is 0 Å². The largest absolute Gasteiger partial charge is 0.444 e. The number of benzene rings is 1. The summed E-state index contributed by atoms with van der Waals surface area (Å²) in [5.41, 5.74) is 1.96. The summed E-state index contributed by atoms with van der Waals surface area (Å²) < 4.78 is 6.56. The summed E-state index contributed by atoms with van der Waals surface area (Å²) >= 11 is 10.00. The van der Waals surface area contributed by atoms with Gasteiger partial charge in [0.1, 0.15) is 5.60 Å². The highest BCUT2D eigenvalue weighted by atomic mass is 79.9. The first-order valence-corrected chi connectivity index (χ1v) is 10.7. The average molecular weight is 458 g/mol. The number of aliphatic hydroxyl groups is 1. The Morgan fingerprint density at radius 2 is 2.07 bits per heavy atom. The van der Waals surface area contributed by atoms with E-state index in [0.29, 0.717) is 18.4 Å². The number of carbonyl (C=O) groups is 1. The minimum Gasteiger partial charge on any atom is -0.444 e. The number of rotatable bonds is 2. The molecule has 27 heavy (non-hydrogen) atoms. The molecule has 148 valence electrons. The highest BCUT2D eigenvalue weighted by Gasteiger charge is 2.49. The van der Waals surface area contributed by atoms with Crippen LogP contribution in [-0.2, 0) is 4.74 Å². The molecule has 4 rings (SSSR count). The van der Waals surface area contributed by atoms with Crippen LogP contribution in [0.5, 0.6) is 0 Å². The fourth-order valence-corrected chi connectivity index (χ4v) is 5.57. The number of hydrogen-bond acceptors (Lipinski definition) is 4. The Balaban J connectivity index is 1.60. The number of ether oxygens (including phenoxy) is 1. The SMILES string of the molecule is CC(C)(C)OC(=O)N1C[C@@H](N2C[C@H]3C[C@@H]3c3cc(Cl)cc(Br)c32)C[C@H]1CO. The number of anilines is 1. The molecule has 3 aliphatic rings. The lowest BCUT2D eigenvalue weighted by molar-refractivity contribution is 0.0174. The number of carbonyl (C=O) groups excluding carboxylic acids is 1. The fraction of sp³-hybridized carbons (Fsp3) is 0.650. The van der Waals surface area contributed by atoms with E-state index in [2.05, 4.69) is 26.9 Å². The van der Waals surface area contributed by atoms with Crippen molar-refractivity contribution in [1.82, 2.24) is 4.90 Å². The van der Waals surface area contributed by atoms with E-state index < -0.39 is 5.60 Å². The summed E-state index contributed by atoms with van der Waals surface area (Å²) in [6.07, 6.45) is 1.59. The van der Waals surface area contributed by atoms with E-state index in [0.717, 1.165) is 22.5 Å². The highest BCUT2D eigenvalue weighted by Crippen LogP contribution is 2.57. The number of nitrogens with zero attached hydrogens (tertiary/aromatic N) is 2. The first-order chi connectivity index (χ1) is 12.7. The van der Waals surface area contributed by atoms with Crippen molar-refractivity contribution < 1.29 is 14.6 Å². The van der Waals surface area contributed by atoms with Crippen LogP contribution in [0.2, 0.25) is 5.02 Å². The Hall–Kier alpha value is -0.980. The van der Waals surface area contributed by atoms with Gasteiger partial charge in [0.05, 0.1) is 18.3 Å². The van der Waals surface area contributed by atoms with Gasteiger partial charge >= 0.3 is 6.09 Å². The maximum absolute atomic E-state index is 12.6. The van der Waals surface area contributed by atoms with Crippen LogP contribution in [0, 0.1) is 5.92 Å². The van der Waals surface area contributed by atoms with E-state index in [-0.39, 0.29) is 24.8 Å². The van der Waals surface area contributed by atoms with Gasteiger partial charge in [0.15, 0.2) is 0 Å². The van der Waals surface area contributed by atoms with Crippen molar-refractivity contribution in [2.24, 2.45) is 5.92 Å². The molecule has 0 bridgehead atoms. The van der Waals surface area contributed by atoms with Crippen LogP contribution in [0.1, 0.15) is 45.1 Å². The Kier molecular flexibility index (Phi) is 4.88. The van der Waals surface area contributed by atoms with Crippen LogP contribution in [0.3, 0.4) is 0 Å². The van der Waals surface area contributed by atoms with Gasteiger partial charge in [-0.25, -0.2) is 4.79 Å². The van der Waals surface area contributed by atoms with Gasteiger partial charge in [-0.15, -0.1) is 0 Å². The molecule has 2 fully saturated rings. The molecule has 1 saturated carbocycles. The Morgan fingerprint density at radius 3 is 2.74 bits per heavy atom. The summed E-state index contributed by atoms with van der Waals surface area (Å²) in [5, 5.41) is 10.6. The van der Waals surface area contributed by atoms with E-state index in [9.17, 15) is 9.90 Å². The van der Waals surface area contributed by atoms with Crippen molar-refractivity contribution in [2.75, 3.05) is 24.6 Å². The molecule has 7 heteroatoms. The molecular weight excluding hydrogens is 432 g/mol. The minimum atomic E-state index is -0.548. The van der Waals surface area contributed by atoms with Crippen LogP contribution >= 0.6 is 27.5 Å². The van der Waals surface area contributed by atoms with Gasteiger partial charge in [-0.3, -0.25) is 0 Å². The number of aliphatic hydroxyl groups excluding tert-OH is 1. The smallest absolute Gasteiger partial charge is 0.410 e. The second-order valence-electron chi connectivity index (χ2n) is 8.94. The maximum atomic E-state index is 12.6. The molecule has 0 aromatic heterocycles. The van der Waals surface area contributed by atoms with Crippen LogP contribution in [-0.4, -0.2) is 53.5 Å². The normalized spacial score (nSPS) is 29.4. The zero-order chi connectivity index (χ0) is 19.5. The van der Waals surface area contributed by atoms with E-state index in [1.807, 2.05) is 26.8 Å². The highest BCUT2D eigenvalue weighted by molar-refractivity contribution is 9.10. The summed E-state index contributed by atoms with van der Waals surface area (Å²) in [7, 11) is 0. The molecule has 1 aromatic carbocycles. The monoisotopic (exact) mass is 456 g/mol. The summed E-state index contributed by atoms with van der Waals surface area (Å²) in [5.74, 6) is 1.26. The summed E-state index contributed by atoms with van der Waals surface area (Å²) in [6.45, 7) is 7.09. The van der Waals surface area contributed by atoms with Gasteiger partial charge in [0, 0.05) is 28.6 Å². The predicted molar refractivity (Wildman–Crippen MR) is 110 cm³/mol. The zero-order valence-electron chi connectivity index (χ0n) is 15.9. The van der Waals surface area contributed by atoms with Crippen molar-refractivity contribution in [1.29, 1.82) is 0 Å². The summed E-state index contributed by atoms with van der Waals surface area (Å²) in [4.78, 5) is 16.7. The third-order valence-electron chi connectivity index (χ3n) is 5.77. The van der Waals surface area contributed by atoms with Crippen LogP contribution in [0.15, 0.2) is 16.6 Å². The number of hydrogen-bond donors (Lipinski definition) is 1. The number of fused-ring (bicyclic) bond motifs is 3. The quantitative estimate of drug-likeness (QED) is 0.715. The Labute approximate surface area is 173 Å². The zero-order valence-corrected chi connectivity index (χ0v) is 18.3. The molecule has 1 amide bonds. The van der Waals surface area contributed by atoms with Crippen LogP contribution in [0.25, 0.3) is 0 Å². The van der Waals surface area contributed by atoms with Crippen molar-refractivity contribution in [3.05, 3.63) is 27.2 Å². The number of halogens is 2. The number of amides is 1.